The van der Waals surface area contributed by atoms with E-state index in [1.807, 2.05) is 30.3 Å². The number of benzene rings is 2. The fraction of sp³-hybridized carbons (Fsp3) is 0.300. The molecule has 3 rings (SSSR count). The molecular weight excluding hydrogens is 346 g/mol. The van der Waals surface area contributed by atoms with Gasteiger partial charge in [0.25, 0.3) is 0 Å². The SMILES string of the molecule is O=C(NCCN1CCOCC1)C(=O)Nc1ccccc1Oc1ccccc1. The average molecular weight is 369 g/mol. The Hall–Kier alpha value is -2.90. The molecule has 1 fully saturated rings. The number of para-hydroxylation sites is 3. The smallest absolute Gasteiger partial charge is 0.313 e. The molecule has 1 saturated heterocycles. The standard InChI is InChI=1S/C20H23N3O4/c24-19(21-10-11-23-12-14-26-15-13-23)20(25)22-17-8-4-5-9-18(17)27-16-6-2-1-3-7-16/h1-9H,10-15H2,(H,21,24)(H,22,25). The first-order valence-corrected chi connectivity index (χ1v) is 8.93. The number of hydrogen-bond donors (Lipinski definition) is 2. The van der Waals surface area contributed by atoms with Crippen molar-refractivity contribution in [2.75, 3.05) is 44.7 Å². The maximum atomic E-state index is 12.2. The molecule has 0 radical (unpaired) electrons. The molecule has 7 heteroatoms. The average Bonchev–Trinajstić information content (AvgIpc) is 2.71. The highest BCUT2D eigenvalue weighted by molar-refractivity contribution is 6.39. The highest BCUT2D eigenvalue weighted by Crippen LogP contribution is 2.28. The molecule has 0 aromatic heterocycles. The lowest BCUT2D eigenvalue weighted by Gasteiger charge is -2.26. The second-order valence-electron chi connectivity index (χ2n) is 6.08. The number of amides is 2. The number of morpholine rings is 1. The summed E-state index contributed by atoms with van der Waals surface area (Å²) in [4.78, 5) is 26.4. The lowest BCUT2D eigenvalue weighted by Crippen LogP contribution is -2.43. The normalized spacial score (nSPS) is 14.4. The van der Waals surface area contributed by atoms with Crippen LogP contribution in [0.3, 0.4) is 0 Å². The highest BCUT2D eigenvalue weighted by Gasteiger charge is 2.16. The van der Waals surface area contributed by atoms with Gasteiger partial charge in [-0.05, 0) is 24.3 Å². The van der Waals surface area contributed by atoms with Gasteiger partial charge in [0.2, 0.25) is 0 Å². The summed E-state index contributed by atoms with van der Waals surface area (Å²) < 4.78 is 11.1. The van der Waals surface area contributed by atoms with Gasteiger partial charge in [0, 0.05) is 26.2 Å². The van der Waals surface area contributed by atoms with Gasteiger partial charge < -0.3 is 20.1 Å². The largest absolute Gasteiger partial charge is 0.455 e. The maximum absolute atomic E-state index is 12.2. The third-order valence-corrected chi connectivity index (χ3v) is 4.13. The number of hydrogen-bond acceptors (Lipinski definition) is 5. The van der Waals surface area contributed by atoms with Crippen molar-refractivity contribution in [3.05, 3.63) is 54.6 Å². The van der Waals surface area contributed by atoms with E-state index in [1.54, 1.807) is 24.3 Å². The zero-order valence-electron chi connectivity index (χ0n) is 15.0. The molecule has 0 saturated carbocycles. The van der Waals surface area contributed by atoms with Crippen LogP contribution in [0.2, 0.25) is 0 Å². The van der Waals surface area contributed by atoms with Gasteiger partial charge in [-0.25, -0.2) is 0 Å². The number of carbonyl (C=O) groups is 2. The lowest BCUT2D eigenvalue weighted by atomic mass is 10.2. The van der Waals surface area contributed by atoms with E-state index in [4.69, 9.17) is 9.47 Å². The Morgan fingerprint density at radius 2 is 1.67 bits per heavy atom. The zero-order valence-corrected chi connectivity index (χ0v) is 15.0. The van der Waals surface area contributed by atoms with Crippen LogP contribution in [-0.2, 0) is 14.3 Å². The van der Waals surface area contributed by atoms with Crippen LogP contribution in [0.5, 0.6) is 11.5 Å². The summed E-state index contributed by atoms with van der Waals surface area (Å²) >= 11 is 0. The van der Waals surface area contributed by atoms with Gasteiger partial charge in [-0.2, -0.15) is 0 Å². The topological polar surface area (TPSA) is 79.9 Å². The third-order valence-electron chi connectivity index (χ3n) is 4.13. The van der Waals surface area contributed by atoms with E-state index >= 15 is 0 Å². The number of nitrogens with one attached hydrogen (secondary N) is 2. The minimum absolute atomic E-state index is 0.411. The van der Waals surface area contributed by atoms with Crippen LogP contribution in [-0.4, -0.2) is 56.1 Å². The number of nitrogens with zero attached hydrogens (tertiary/aromatic N) is 1. The molecule has 0 spiro atoms. The van der Waals surface area contributed by atoms with Crippen LogP contribution >= 0.6 is 0 Å². The Kier molecular flexibility index (Phi) is 6.78. The van der Waals surface area contributed by atoms with Gasteiger partial charge in [0.15, 0.2) is 5.75 Å². The minimum atomic E-state index is -0.721. The van der Waals surface area contributed by atoms with Gasteiger partial charge >= 0.3 is 11.8 Å². The van der Waals surface area contributed by atoms with E-state index in [-0.39, 0.29) is 0 Å². The maximum Gasteiger partial charge on any atom is 0.313 e. The van der Waals surface area contributed by atoms with Crippen LogP contribution < -0.4 is 15.4 Å². The van der Waals surface area contributed by atoms with E-state index < -0.39 is 11.8 Å². The van der Waals surface area contributed by atoms with Crippen LogP contribution in [0.15, 0.2) is 54.6 Å². The molecule has 1 heterocycles. The Morgan fingerprint density at radius 1 is 0.963 bits per heavy atom. The molecule has 27 heavy (non-hydrogen) atoms. The molecule has 142 valence electrons. The van der Waals surface area contributed by atoms with E-state index in [0.717, 1.165) is 13.1 Å². The molecule has 0 unspecified atom stereocenters. The van der Waals surface area contributed by atoms with Crippen molar-refractivity contribution in [2.45, 2.75) is 0 Å². The van der Waals surface area contributed by atoms with Crippen LogP contribution in [0.4, 0.5) is 5.69 Å². The summed E-state index contributed by atoms with van der Waals surface area (Å²) in [5.74, 6) is -0.272. The summed E-state index contributed by atoms with van der Waals surface area (Å²) in [6.07, 6.45) is 0. The molecule has 7 nitrogen and oxygen atoms in total. The molecular formula is C20H23N3O4. The molecule has 2 N–H and O–H groups in total. The Morgan fingerprint density at radius 3 is 2.44 bits per heavy atom. The van der Waals surface area contributed by atoms with Gasteiger partial charge in [-0.1, -0.05) is 30.3 Å². The predicted molar refractivity (Wildman–Crippen MR) is 102 cm³/mol. The highest BCUT2D eigenvalue weighted by atomic mass is 16.5. The fourth-order valence-corrected chi connectivity index (χ4v) is 2.69. The van der Waals surface area contributed by atoms with Crippen molar-refractivity contribution in [3.8, 4) is 11.5 Å². The second-order valence-corrected chi connectivity index (χ2v) is 6.08. The minimum Gasteiger partial charge on any atom is -0.455 e. The number of carbonyl (C=O) groups excluding carboxylic acids is 2. The van der Waals surface area contributed by atoms with Crippen molar-refractivity contribution < 1.29 is 19.1 Å². The monoisotopic (exact) mass is 369 g/mol. The third kappa shape index (κ3) is 5.80. The Labute approximate surface area is 158 Å². The first-order chi connectivity index (χ1) is 13.2. The number of rotatable bonds is 6. The van der Waals surface area contributed by atoms with E-state index in [9.17, 15) is 9.59 Å². The summed E-state index contributed by atoms with van der Waals surface area (Å²) in [5.41, 5.74) is 0.440. The molecule has 2 amide bonds. The second kappa shape index (κ2) is 9.70. The van der Waals surface area contributed by atoms with Crippen LogP contribution in [0.1, 0.15) is 0 Å². The first kappa shape index (κ1) is 18.9. The molecule has 2 aromatic rings. The van der Waals surface area contributed by atoms with Crippen molar-refractivity contribution in [2.24, 2.45) is 0 Å². The summed E-state index contributed by atoms with van der Waals surface area (Å²) in [7, 11) is 0. The van der Waals surface area contributed by atoms with E-state index in [1.165, 1.54) is 0 Å². The van der Waals surface area contributed by atoms with Gasteiger partial charge in [-0.3, -0.25) is 14.5 Å². The first-order valence-electron chi connectivity index (χ1n) is 8.93. The van der Waals surface area contributed by atoms with Gasteiger partial charge in [-0.15, -0.1) is 0 Å². The quantitative estimate of drug-likeness (QED) is 0.760. The van der Waals surface area contributed by atoms with Crippen molar-refractivity contribution in [3.63, 3.8) is 0 Å². The summed E-state index contributed by atoms with van der Waals surface area (Å²) in [6.45, 7) is 4.18. The molecule has 1 aliphatic rings. The molecule has 0 atom stereocenters. The lowest BCUT2D eigenvalue weighted by molar-refractivity contribution is -0.136. The fourth-order valence-electron chi connectivity index (χ4n) is 2.69. The van der Waals surface area contributed by atoms with E-state index in [2.05, 4.69) is 15.5 Å². The molecule has 1 aliphatic heterocycles. The van der Waals surface area contributed by atoms with Gasteiger partial charge in [0.05, 0.1) is 18.9 Å². The molecule has 0 aliphatic carbocycles. The number of anilines is 1. The summed E-state index contributed by atoms with van der Waals surface area (Å²) in [6, 6.07) is 16.2. The Bertz CT molecular complexity index is 761. The predicted octanol–water partition coefficient (Wildman–Crippen LogP) is 1.87. The Balaban J connectivity index is 1.51. The van der Waals surface area contributed by atoms with E-state index in [0.29, 0.717) is 43.5 Å². The van der Waals surface area contributed by atoms with Crippen LogP contribution in [0, 0.1) is 0 Å². The van der Waals surface area contributed by atoms with Crippen molar-refractivity contribution in [1.82, 2.24) is 10.2 Å². The number of ether oxygens (including phenoxy) is 2. The van der Waals surface area contributed by atoms with Crippen molar-refractivity contribution >= 4 is 17.5 Å². The summed E-state index contributed by atoms with van der Waals surface area (Å²) in [5, 5.41) is 5.25. The van der Waals surface area contributed by atoms with Gasteiger partial charge in [0.1, 0.15) is 5.75 Å². The van der Waals surface area contributed by atoms with Crippen molar-refractivity contribution in [1.29, 1.82) is 0 Å². The molecule has 0 bridgehead atoms. The molecule has 2 aromatic carbocycles. The van der Waals surface area contributed by atoms with Crippen LogP contribution in [0.25, 0.3) is 0 Å². The zero-order chi connectivity index (χ0) is 18.9.